The number of para-hydroxylation sites is 1. The van der Waals surface area contributed by atoms with Crippen LogP contribution in [0.25, 0.3) is 0 Å². The topological polar surface area (TPSA) is 15.3 Å². The molecule has 0 spiro atoms. The van der Waals surface area contributed by atoms with Crippen molar-refractivity contribution in [1.29, 1.82) is 0 Å². The van der Waals surface area contributed by atoms with Crippen molar-refractivity contribution in [3.63, 3.8) is 0 Å². The SMILES string of the molecule is CCC1CCCCCN1CCNc1ccccc1Br. The Balaban J connectivity index is 1.82. The molecule has 1 atom stereocenters. The fourth-order valence-electron chi connectivity index (χ4n) is 2.93. The highest BCUT2D eigenvalue weighted by molar-refractivity contribution is 9.10. The van der Waals surface area contributed by atoms with Crippen molar-refractivity contribution in [2.45, 2.75) is 45.1 Å². The molecule has 1 aromatic rings. The number of anilines is 1. The van der Waals surface area contributed by atoms with E-state index < -0.39 is 0 Å². The third-order valence-corrected chi connectivity index (χ3v) is 4.75. The predicted molar refractivity (Wildman–Crippen MR) is 86.8 cm³/mol. The van der Waals surface area contributed by atoms with E-state index in [0.29, 0.717) is 0 Å². The summed E-state index contributed by atoms with van der Waals surface area (Å²) in [7, 11) is 0. The van der Waals surface area contributed by atoms with Gasteiger partial charge in [0.1, 0.15) is 0 Å². The van der Waals surface area contributed by atoms with Crippen molar-refractivity contribution in [3.05, 3.63) is 28.7 Å². The first-order valence-corrected chi connectivity index (χ1v) is 8.33. The Bertz CT molecular complexity index is 381. The third-order valence-electron chi connectivity index (χ3n) is 4.06. The molecule has 1 heterocycles. The van der Waals surface area contributed by atoms with Gasteiger partial charge in [-0.05, 0) is 53.9 Å². The van der Waals surface area contributed by atoms with Gasteiger partial charge in [0.15, 0.2) is 0 Å². The monoisotopic (exact) mass is 324 g/mol. The van der Waals surface area contributed by atoms with Gasteiger partial charge in [0.05, 0.1) is 0 Å². The van der Waals surface area contributed by atoms with E-state index in [0.717, 1.165) is 23.6 Å². The Morgan fingerprint density at radius 2 is 2.11 bits per heavy atom. The summed E-state index contributed by atoms with van der Waals surface area (Å²) in [4.78, 5) is 2.68. The highest BCUT2D eigenvalue weighted by Crippen LogP contribution is 2.22. The highest BCUT2D eigenvalue weighted by atomic mass is 79.9. The fourth-order valence-corrected chi connectivity index (χ4v) is 3.36. The minimum absolute atomic E-state index is 0.795. The van der Waals surface area contributed by atoms with Crippen molar-refractivity contribution >= 4 is 21.6 Å². The van der Waals surface area contributed by atoms with Gasteiger partial charge in [-0.2, -0.15) is 0 Å². The first-order valence-electron chi connectivity index (χ1n) is 7.53. The van der Waals surface area contributed by atoms with Gasteiger partial charge in [-0.15, -0.1) is 0 Å². The maximum atomic E-state index is 3.58. The van der Waals surface area contributed by atoms with Crippen molar-refractivity contribution in [2.24, 2.45) is 0 Å². The molecule has 106 valence electrons. The minimum Gasteiger partial charge on any atom is -0.383 e. The number of halogens is 1. The van der Waals surface area contributed by atoms with Crippen molar-refractivity contribution in [2.75, 3.05) is 25.0 Å². The van der Waals surface area contributed by atoms with Gasteiger partial charge in [0.2, 0.25) is 0 Å². The minimum atomic E-state index is 0.795. The summed E-state index contributed by atoms with van der Waals surface area (Å²) in [5.41, 5.74) is 1.20. The molecule has 0 radical (unpaired) electrons. The normalized spacial score (nSPS) is 21.1. The zero-order valence-corrected chi connectivity index (χ0v) is 13.5. The molecule has 1 fully saturated rings. The van der Waals surface area contributed by atoms with Gasteiger partial charge in [-0.25, -0.2) is 0 Å². The fraction of sp³-hybridized carbons (Fsp3) is 0.625. The smallest absolute Gasteiger partial charge is 0.0485 e. The summed E-state index contributed by atoms with van der Waals surface area (Å²) in [5, 5.41) is 3.54. The third kappa shape index (κ3) is 4.50. The molecule has 1 aromatic carbocycles. The molecule has 0 amide bonds. The first-order chi connectivity index (χ1) is 9.31. The van der Waals surface area contributed by atoms with E-state index in [1.807, 2.05) is 0 Å². The van der Waals surface area contributed by atoms with Gasteiger partial charge >= 0.3 is 0 Å². The lowest BCUT2D eigenvalue weighted by atomic mass is 10.1. The van der Waals surface area contributed by atoms with Crippen LogP contribution >= 0.6 is 15.9 Å². The number of nitrogens with zero attached hydrogens (tertiary/aromatic N) is 1. The first kappa shape index (κ1) is 14.9. The van der Waals surface area contributed by atoms with Crippen LogP contribution in [0.4, 0.5) is 5.69 Å². The van der Waals surface area contributed by atoms with Crippen LogP contribution in [0.2, 0.25) is 0 Å². The second-order valence-electron chi connectivity index (χ2n) is 5.35. The molecule has 2 nitrogen and oxygen atoms in total. The zero-order chi connectivity index (χ0) is 13.5. The maximum absolute atomic E-state index is 3.58. The molecule has 2 rings (SSSR count). The van der Waals surface area contributed by atoms with Crippen molar-refractivity contribution in [1.82, 2.24) is 4.90 Å². The van der Waals surface area contributed by atoms with Crippen molar-refractivity contribution < 1.29 is 0 Å². The number of hydrogen-bond donors (Lipinski definition) is 1. The standard InChI is InChI=1S/C16H25BrN2/c1-2-14-8-4-3-7-12-19(14)13-11-18-16-10-6-5-9-15(16)17/h5-6,9-10,14,18H,2-4,7-8,11-13H2,1H3. The molecule has 0 aliphatic carbocycles. The van der Waals surface area contributed by atoms with Gasteiger partial charge < -0.3 is 5.32 Å². The van der Waals surface area contributed by atoms with Crippen LogP contribution in [-0.2, 0) is 0 Å². The summed E-state index contributed by atoms with van der Waals surface area (Å²) in [6.07, 6.45) is 6.85. The van der Waals surface area contributed by atoms with Gasteiger partial charge in [-0.3, -0.25) is 4.90 Å². The van der Waals surface area contributed by atoms with E-state index in [1.54, 1.807) is 0 Å². The molecule has 1 aliphatic rings. The van der Waals surface area contributed by atoms with Crippen LogP contribution < -0.4 is 5.32 Å². The molecular formula is C16H25BrN2. The Kier molecular flexibility index (Phi) is 6.18. The average Bonchev–Trinajstić information content (AvgIpc) is 2.66. The molecule has 19 heavy (non-hydrogen) atoms. The second-order valence-corrected chi connectivity index (χ2v) is 6.21. The van der Waals surface area contributed by atoms with E-state index in [2.05, 4.69) is 57.3 Å². The highest BCUT2D eigenvalue weighted by Gasteiger charge is 2.18. The molecule has 0 bridgehead atoms. The zero-order valence-electron chi connectivity index (χ0n) is 11.9. The number of benzene rings is 1. The lowest BCUT2D eigenvalue weighted by Gasteiger charge is -2.29. The maximum Gasteiger partial charge on any atom is 0.0485 e. The lowest BCUT2D eigenvalue weighted by molar-refractivity contribution is 0.202. The molecule has 1 aliphatic heterocycles. The largest absolute Gasteiger partial charge is 0.383 e. The van der Waals surface area contributed by atoms with Crippen LogP contribution in [0.15, 0.2) is 28.7 Å². The van der Waals surface area contributed by atoms with Crippen LogP contribution in [0.1, 0.15) is 39.0 Å². The van der Waals surface area contributed by atoms with Crippen LogP contribution in [0.3, 0.4) is 0 Å². The molecule has 3 heteroatoms. The van der Waals surface area contributed by atoms with E-state index >= 15 is 0 Å². The molecule has 1 unspecified atom stereocenters. The number of likely N-dealkylation sites (tertiary alicyclic amines) is 1. The molecule has 1 saturated heterocycles. The number of nitrogens with one attached hydrogen (secondary N) is 1. The lowest BCUT2D eigenvalue weighted by Crippen LogP contribution is -2.37. The second kappa shape index (κ2) is 7.91. The predicted octanol–water partition coefficient (Wildman–Crippen LogP) is 4.52. The van der Waals surface area contributed by atoms with E-state index in [4.69, 9.17) is 0 Å². The molecule has 0 saturated carbocycles. The summed E-state index contributed by atoms with van der Waals surface area (Å²) in [5.74, 6) is 0. The van der Waals surface area contributed by atoms with Gasteiger partial charge in [-0.1, -0.05) is 31.9 Å². The van der Waals surface area contributed by atoms with E-state index in [1.165, 1.54) is 44.3 Å². The Morgan fingerprint density at radius 1 is 1.26 bits per heavy atom. The average molecular weight is 325 g/mol. The van der Waals surface area contributed by atoms with Gasteiger partial charge in [0, 0.05) is 29.3 Å². The van der Waals surface area contributed by atoms with Gasteiger partial charge in [0.25, 0.3) is 0 Å². The van der Waals surface area contributed by atoms with Crippen molar-refractivity contribution in [3.8, 4) is 0 Å². The Hall–Kier alpha value is -0.540. The number of rotatable bonds is 5. The summed E-state index contributed by atoms with van der Waals surface area (Å²) in [6.45, 7) is 5.78. The molecular weight excluding hydrogens is 300 g/mol. The summed E-state index contributed by atoms with van der Waals surface area (Å²) >= 11 is 3.58. The molecule has 1 N–H and O–H groups in total. The quantitative estimate of drug-likeness (QED) is 0.856. The van der Waals surface area contributed by atoms with E-state index in [9.17, 15) is 0 Å². The molecule has 0 aromatic heterocycles. The Morgan fingerprint density at radius 3 is 2.89 bits per heavy atom. The van der Waals surface area contributed by atoms with Crippen LogP contribution in [0.5, 0.6) is 0 Å². The van der Waals surface area contributed by atoms with E-state index in [-0.39, 0.29) is 0 Å². The van der Waals surface area contributed by atoms with Crippen LogP contribution in [0, 0.1) is 0 Å². The summed E-state index contributed by atoms with van der Waals surface area (Å²) < 4.78 is 1.15. The summed E-state index contributed by atoms with van der Waals surface area (Å²) in [6, 6.07) is 9.14. The number of hydrogen-bond acceptors (Lipinski definition) is 2. The Labute approximate surface area is 125 Å². The van der Waals surface area contributed by atoms with Crippen LogP contribution in [-0.4, -0.2) is 30.6 Å².